The summed E-state index contributed by atoms with van der Waals surface area (Å²) in [5.41, 5.74) is 0. The van der Waals surface area contributed by atoms with Crippen molar-refractivity contribution in [3.63, 3.8) is 0 Å². The van der Waals surface area contributed by atoms with Gasteiger partial charge in [-0.05, 0) is 0 Å². The normalized spacial score (nSPS) is 8.90. The predicted molar refractivity (Wildman–Crippen MR) is 40.1 cm³/mol. The molecule has 0 amide bonds. The average molecular weight is 212 g/mol. The number of rotatable bonds is 2. The highest BCUT2D eigenvalue weighted by molar-refractivity contribution is 7.89. The van der Waals surface area contributed by atoms with Crippen LogP contribution in [0.3, 0.4) is 0 Å². The van der Waals surface area contributed by atoms with Crippen molar-refractivity contribution in [1.82, 2.24) is 0 Å². The molecule has 0 spiro atoms. The lowest BCUT2D eigenvalue weighted by Gasteiger charge is -1.86. The van der Waals surface area contributed by atoms with Crippen LogP contribution in [0.2, 0.25) is 0 Å². The molecule has 0 bridgehead atoms. The Morgan fingerprint density at radius 2 is 1.70 bits per heavy atom. The molecule has 0 saturated carbocycles. The van der Waals surface area contributed by atoms with Crippen LogP contribution in [-0.4, -0.2) is 25.2 Å². The molecule has 64 valence electrons. The highest BCUT2D eigenvalue weighted by atomic mass is 35.5. The topological polar surface area (TPSA) is 97.5 Å². The molecular weight excluding hydrogens is 205 g/mol. The third-order valence-corrected chi connectivity index (χ3v) is 0.974. The summed E-state index contributed by atoms with van der Waals surface area (Å²) in [4.78, 5) is 9.56. The van der Waals surface area contributed by atoms with Crippen molar-refractivity contribution in [2.24, 2.45) is 5.14 Å². The van der Waals surface area contributed by atoms with Crippen LogP contribution in [0.25, 0.3) is 0 Å². The Morgan fingerprint density at radius 1 is 1.40 bits per heavy atom. The molecular formula is C2H7Cl2NO4S. The van der Waals surface area contributed by atoms with Gasteiger partial charge in [0.1, 0.15) is 0 Å². The smallest absolute Gasteiger partial charge is 0.320 e. The number of hydrogen-bond acceptors (Lipinski definition) is 3. The standard InChI is InChI=1S/C2H5NO4S.2ClH/c3-8(6,7)1-2(4)5;;/h1H2,(H,4,5)(H2,3,6,7);2*1H. The lowest BCUT2D eigenvalue weighted by atomic mass is 10.8. The number of carboxylic acids is 1. The van der Waals surface area contributed by atoms with Gasteiger partial charge in [-0.2, -0.15) is 0 Å². The van der Waals surface area contributed by atoms with Crippen molar-refractivity contribution >= 4 is 40.8 Å². The maximum absolute atomic E-state index is 9.84. The van der Waals surface area contributed by atoms with E-state index in [1.54, 1.807) is 0 Å². The van der Waals surface area contributed by atoms with E-state index in [1.807, 2.05) is 0 Å². The maximum atomic E-state index is 9.84. The largest absolute Gasteiger partial charge is 0.480 e. The molecule has 0 aliphatic carbocycles. The quantitative estimate of drug-likeness (QED) is 0.626. The van der Waals surface area contributed by atoms with Crippen molar-refractivity contribution in [1.29, 1.82) is 0 Å². The number of carbonyl (C=O) groups is 1. The molecule has 8 heteroatoms. The first-order valence-electron chi connectivity index (χ1n) is 1.64. The molecule has 0 unspecified atom stereocenters. The van der Waals surface area contributed by atoms with Gasteiger partial charge in [-0.25, -0.2) is 13.6 Å². The Bertz CT molecular complexity index is 187. The Kier molecular flexibility index (Phi) is 9.45. The molecule has 0 radical (unpaired) electrons. The zero-order valence-electron chi connectivity index (χ0n) is 4.68. The van der Waals surface area contributed by atoms with Crippen molar-refractivity contribution in [2.45, 2.75) is 0 Å². The van der Waals surface area contributed by atoms with Crippen LogP contribution in [0.5, 0.6) is 0 Å². The number of aliphatic carboxylic acids is 1. The highest BCUT2D eigenvalue weighted by Crippen LogP contribution is 1.73. The van der Waals surface area contributed by atoms with E-state index in [9.17, 15) is 13.2 Å². The molecule has 0 aromatic carbocycles. The molecule has 0 rings (SSSR count). The number of halogens is 2. The van der Waals surface area contributed by atoms with Crippen LogP contribution in [0.4, 0.5) is 0 Å². The van der Waals surface area contributed by atoms with E-state index in [4.69, 9.17) is 5.11 Å². The molecule has 0 atom stereocenters. The van der Waals surface area contributed by atoms with E-state index in [2.05, 4.69) is 5.14 Å². The van der Waals surface area contributed by atoms with Crippen LogP contribution in [0.1, 0.15) is 0 Å². The Morgan fingerprint density at radius 3 is 1.70 bits per heavy atom. The molecule has 0 aliphatic rings. The summed E-state index contributed by atoms with van der Waals surface area (Å²) in [6.07, 6.45) is 0. The molecule has 0 aromatic heterocycles. The summed E-state index contributed by atoms with van der Waals surface area (Å²) in [6, 6.07) is 0. The summed E-state index contributed by atoms with van der Waals surface area (Å²) in [7, 11) is -3.82. The summed E-state index contributed by atoms with van der Waals surface area (Å²) in [6.45, 7) is 0. The van der Waals surface area contributed by atoms with Gasteiger partial charge < -0.3 is 5.11 Å². The number of hydrogen-bond donors (Lipinski definition) is 2. The summed E-state index contributed by atoms with van der Waals surface area (Å²) in [5.74, 6) is -2.44. The van der Waals surface area contributed by atoms with Gasteiger partial charge in [-0.15, -0.1) is 24.8 Å². The minimum Gasteiger partial charge on any atom is -0.480 e. The molecule has 5 nitrogen and oxygen atoms in total. The van der Waals surface area contributed by atoms with Crippen molar-refractivity contribution in [3.05, 3.63) is 0 Å². The lowest BCUT2D eigenvalue weighted by Crippen LogP contribution is -2.22. The summed E-state index contributed by atoms with van der Waals surface area (Å²) in [5, 5.41) is 12.1. The number of primary sulfonamides is 1. The van der Waals surface area contributed by atoms with E-state index >= 15 is 0 Å². The van der Waals surface area contributed by atoms with Crippen LogP contribution in [0, 0.1) is 0 Å². The van der Waals surface area contributed by atoms with Crippen LogP contribution >= 0.6 is 24.8 Å². The van der Waals surface area contributed by atoms with E-state index in [0.29, 0.717) is 0 Å². The fourth-order valence-electron chi connectivity index (χ4n) is 0.172. The monoisotopic (exact) mass is 211 g/mol. The van der Waals surface area contributed by atoms with Gasteiger partial charge in [0.15, 0.2) is 5.75 Å². The minimum atomic E-state index is -3.82. The highest BCUT2D eigenvalue weighted by Gasteiger charge is 2.07. The third-order valence-electron chi connectivity index (χ3n) is 0.325. The Labute approximate surface area is 70.5 Å². The first kappa shape index (κ1) is 16.5. The molecule has 0 saturated heterocycles. The van der Waals surface area contributed by atoms with Crippen molar-refractivity contribution in [3.8, 4) is 0 Å². The Hall–Kier alpha value is -0.0400. The van der Waals surface area contributed by atoms with E-state index in [0.717, 1.165) is 0 Å². The van der Waals surface area contributed by atoms with E-state index in [-0.39, 0.29) is 24.8 Å². The molecule has 0 aliphatic heterocycles. The van der Waals surface area contributed by atoms with Crippen LogP contribution < -0.4 is 5.14 Å². The minimum absolute atomic E-state index is 0. The first-order valence-corrected chi connectivity index (χ1v) is 3.35. The van der Waals surface area contributed by atoms with Crippen LogP contribution in [0.15, 0.2) is 0 Å². The molecule has 3 N–H and O–H groups in total. The number of carboxylic acid groups (broad SMARTS) is 1. The fraction of sp³-hybridized carbons (Fsp3) is 0.500. The third kappa shape index (κ3) is 15.7. The SMILES string of the molecule is Cl.Cl.NS(=O)(=O)CC(=O)O. The second-order valence-electron chi connectivity index (χ2n) is 1.20. The van der Waals surface area contributed by atoms with Gasteiger partial charge in [-0.1, -0.05) is 0 Å². The first-order chi connectivity index (χ1) is 3.42. The lowest BCUT2D eigenvalue weighted by molar-refractivity contribution is -0.134. The van der Waals surface area contributed by atoms with E-state index < -0.39 is 21.7 Å². The fourth-order valence-corrected chi connectivity index (χ4v) is 0.516. The zero-order valence-corrected chi connectivity index (χ0v) is 7.13. The molecule has 0 fully saturated rings. The molecule has 10 heavy (non-hydrogen) atoms. The summed E-state index contributed by atoms with van der Waals surface area (Å²) < 4.78 is 19.7. The van der Waals surface area contributed by atoms with Crippen molar-refractivity contribution < 1.29 is 18.3 Å². The van der Waals surface area contributed by atoms with Gasteiger partial charge in [0.25, 0.3) is 0 Å². The van der Waals surface area contributed by atoms with Crippen LogP contribution in [-0.2, 0) is 14.8 Å². The van der Waals surface area contributed by atoms with E-state index in [1.165, 1.54) is 0 Å². The maximum Gasteiger partial charge on any atom is 0.320 e. The van der Waals surface area contributed by atoms with Gasteiger partial charge >= 0.3 is 5.97 Å². The van der Waals surface area contributed by atoms with Gasteiger partial charge in [0.2, 0.25) is 10.0 Å². The van der Waals surface area contributed by atoms with Gasteiger partial charge in [0, 0.05) is 0 Å². The second-order valence-corrected chi connectivity index (χ2v) is 2.82. The second kappa shape index (κ2) is 5.72. The van der Waals surface area contributed by atoms with Gasteiger partial charge in [0.05, 0.1) is 0 Å². The van der Waals surface area contributed by atoms with Crippen molar-refractivity contribution in [2.75, 3.05) is 5.75 Å². The zero-order chi connectivity index (χ0) is 6.78. The number of sulfonamides is 1. The molecule has 0 heterocycles. The molecule has 0 aromatic rings. The van der Waals surface area contributed by atoms with Gasteiger partial charge in [-0.3, -0.25) is 4.79 Å². The number of nitrogens with two attached hydrogens (primary N) is 1. The average Bonchev–Trinajstić information content (AvgIpc) is 1.21. The predicted octanol–water partition coefficient (Wildman–Crippen LogP) is -0.797. The Balaban J connectivity index is -0.000000245. The summed E-state index contributed by atoms with van der Waals surface area (Å²) >= 11 is 0.